The standard InChI is InChI=1S/C60H39N3/c1-4-18-43(19-5-1)57-59(44-20-6-2-7-21-44)63(60(62-57)45-22-8-3-9-23-45)50-34-32-42(33-35-50)54-39-56(49-31-29-41-17-11-13-25-47(41)37-49)61-58-52-27-15-14-26-51(52)53(38-55(54)58)48-30-28-40-16-10-12-24-46(40)36-48/h1-39H. The SMILES string of the molecule is c1ccc(-c2nc(-c3ccccc3)n(-c3ccc(-c4cc(-c5ccc6ccccc6c5)nc5c4cc(-c4ccc6ccccc6c4)c4ccccc45)cc3)c2-c2ccccc2)cc1. The van der Waals surface area contributed by atoms with E-state index in [1.54, 1.807) is 0 Å². The highest BCUT2D eigenvalue weighted by molar-refractivity contribution is 6.16. The van der Waals surface area contributed by atoms with Gasteiger partial charge in [-0.3, -0.25) is 4.57 Å². The highest BCUT2D eigenvalue weighted by atomic mass is 15.1. The highest BCUT2D eigenvalue weighted by Crippen LogP contribution is 2.43. The highest BCUT2D eigenvalue weighted by Gasteiger charge is 2.23. The average molecular weight is 802 g/mol. The quantitative estimate of drug-likeness (QED) is 0.150. The van der Waals surface area contributed by atoms with Gasteiger partial charge < -0.3 is 0 Å². The molecule has 294 valence electrons. The number of nitrogens with zero attached hydrogens (tertiary/aromatic N) is 3. The predicted molar refractivity (Wildman–Crippen MR) is 264 cm³/mol. The zero-order valence-electron chi connectivity index (χ0n) is 34.4. The maximum atomic E-state index is 5.53. The molecule has 12 aromatic rings. The summed E-state index contributed by atoms with van der Waals surface area (Å²) in [5.74, 6) is 0.889. The first-order chi connectivity index (χ1) is 31.2. The number of aromatic nitrogens is 3. The summed E-state index contributed by atoms with van der Waals surface area (Å²) in [6.07, 6.45) is 0. The number of fused-ring (bicyclic) bond motifs is 5. The lowest BCUT2D eigenvalue weighted by Crippen LogP contribution is -2.00. The summed E-state index contributed by atoms with van der Waals surface area (Å²) >= 11 is 0. The van der Waals surface area contributed by atoms with Crippen molar-refractivity contribution in [1.29, 1.82) is 0 Å². The molecule has 0 spiro atoms. The van der Waals surface area contributed by atoms with Crippen molar-refractivity contribution in [3.05, 3.63) is 237 Å². The van der Waals surface area contributed by atoms with E-state index in [2.05, 4.69) is 241 Å². The molecular weight excluding hydrogens is 763 g/mol. The number of benzene rings is 10. The van der Waals surface area contributed by atoms with Crippen LogP contribution in [0.2, 0.25) is 0 Å². The summed E-state index contributed by atoms with van der Waals surface area (Å²) in [5.41, 5.74) is 13.9. The molecule has 3 nitrogen and oxygen atoms in total. The van der Waals surface area contributed by atoms with Crippen molar-refractivity contribution in [3.8, 4) is 73.1 Å². The lowest BCUT2D eigenvalue weighted by molar-refractivity contribution is 1.07. The molecule has 0 radical (unpaired) electrons. The molecule has 0 saturated carbocycles. The Kier molecular flexibility index (Phi) is 8.83. The van der Waals surface area contributed by atoms with Crippen LogP contribution in [0.1, 0.15) is 0 Å². The van der Waals surface area contributed by atoms with Crippen molar-refractivity contribution in [3.63, 3.8) is 0 Å². The number of rotatable bonds is 7. The molecule has 63 heavy (non-hydrogen) atoms. The first-order valence-corrected chi connectivity index (χ1v) is 21.5. The first kappa shape index (κ1) is 36.5. The molecule has 12 rings (SSSR count). The Morgan fingerprint density at radius 2 is 0.810 bits per heavy atom. The van der Waals surface area contributed by atoms with Gasteiger partial charge in [0.2, 0.25) is 0 Å². The van der Waals surface area contributed by atoms with Crippen molar-refractivity contribution < 1.29 is 0 Å². The maximum Gasteiger partial charge on any atom is 0.145 e. The minimum atomic E-state index is 0.889. The van der Waals surface area contributed by atoms with Crippen LogP contribution in [-0.4, -0.2) is 14.5 Å². The van der Waals surface area contributed by atoms with Crippen LogP contribution in [0.3, 0.4) is 0 Å². The molecule has 0 fully saturated rings. The Hall–Kier alpha value is -8.40. The summed E-state index contributed by atoms with van der Waals surface area (Å²) in [4.78, 5) is 11.0. The van der Waals surface area contributed by atoms with Gasteiger partial charge in [-0.2, -0.15) is 0 Å². The van der Waals surface area contributed by atoms with E-state index >= 15 is 0 Å². The zero-order chi connectivity index (χ0) is 41.7. The van der Waals surface area contributed by atoms with Crippen LogP contribution in [0.25, 0.3) is 116 Å². The second-order valence-corrected chi connectivity index (χ2v) is 16.2. The Bertz CT molecular complexity index is 3650. The molecule has 10 aromatic carbocycles. The van der Waals surface area contributed by atoms with E-state index in [1.165, 1.54) is 38.1 Å². The molecule has 0 aliphatic heterocycles. The summed E-state index contributed by atoms with van der Waals surface area (Å²) in [7, 11) is 0. The van der Waals surface area contributed by atoms with E-state index in [-0.39, 0.29) is 0 Å². The van der Waals surface area contributed by atoms with Gasteiger partial charge in [0.15, 0.2) is 0 Å². The van der Waals surface area contributed by atoms with E-state index in [0.29, 0.717) is 0 Å². The molecule has 0 aliphatic carbocycles. The smallest absolute Gasteiger partial charge is 0.145 e. The van der Waals surface area contributed by atoms with E-state index in [4.69, 9.17) is 9.97 Å². The fourth-order valence-electron chi connectivity index (χ4n) is 9.29. The van der Waals surface area contributed by atoms with Crippen LogP contribution in [0.4, 0.5) is 0 Å². The maximum absolute atomic E-state index is 5.53. The number of hydrogen-bond donors (Lipinski definition) is 0. The molecular formula is C60H39N3. The van der Waals surface area contributed by atoms with E-state index in [1.807, 2.05) is 0 Å². The van der Waals surface area contributed by atoms with Gasteiger partial charge >= 0.3 is 0 Å². The van der Waals surface area contributed by atoms with Crippen molar-refractivity contribution in [2.24, 2.45) is 0 Å². The van der Waals surface area contributed by atoms with Crippen LogP contribution in [0.15, 0.2) is 237 Å². The molecule has 3 heteroatoms. The van der Waals surface area contributed by atoms with Crippen molar-refractivity contribution in [2.45, 2.75) is 0 Å². The Morgan fingerprint density at radius 3 is 1.48 bits per heavy atom. The largest absolute Gasteiger partial charge is 0.292 e. The lowest BCUT2D eigenvalue weighted by Gasteiger charge is -2.17. The van der Waals surface area contributed by atoms with Crippen LogP contribution in [0.5, 0.6) is 0 Å². The second kappa shape index (κ2) is 15.3. The Morgan fingerprint density at radius 1 is 0.302 bits per heavy atom. The molecule has 2 heterocycles. The Balaban J connectivity index is 1.10. The molecule has 0 bridgehead atoms. The number of imidazole rings is 1. The molecule has 0 atom stereocenters. The van der Waals surface area contributed by atoms with Gasteiger partial charge in [0.05, 0.1) is 22.6 Å². The summed E-state index contributed by atoms with van der Waals surface area (Å²) in [6, 6.07) is 84.7. The predicted octanol–water partition coefficient (Wildman–Crippen LogP) is 15.9. The molecule has 0 aliphatic rings. The lowest BCUT2D eigenvalue weighted by atomic mass is 9.90. The first-order valence-electron chi connectivity index (χ1n) is 21.5. The molecule has 0 unspecified atom stereocenters. The van der Waals surface area contributed by atoms with Crippen LogP contribution < -0.4 is 0 Å². The van der Waals surface area contributed by atoms with Crippen molar-refractivity contribution in [1.82, 2.24) is 14.5 Å². The van der Waals surface area contributed by atoms with Gasteiger partial charge in [-0.25, -0.2) is 9.97 Å². The number of hydrogen-bond acceptors (Lipinski definition) is 2. The van der Waals surface area contributed by atoms with Crippen LogP contribution in [-0.2, 0) is 0 Å². The molecule has 2 aromatic heterocycles. The van der Waals surface area contributed by atoms with E-state index < -0.39 is 0 Å². The van der Waals surface area contributed by atoms with Crippen molar-refractivity contribution in [2.75, 3.05) is 0 Å². The Labute approximate surface area is 365 Å². The van der Waals surface area contributed by atoms with Crippen LogP contribution >= 0.6 is 0 Å². The van der Waals surface area contributed by atoms with Gasteiger partial charge in [0.25, 0.3) is 0 Å². The third kappa shape index (κ3) is 6.46. The third-order valence-electron chi connectivity index (χ3n) is 12.4. The normalized spacial score (nSPS) is 11.5. The van der Waals surface area contributed by atoms with Gasteiger partial charge in [-0.1, -0.05) is 200 Å². The molecule has 0 amide bonds. The third-order valence-corrected chi connectivity index (χ3v) is 12.4. The molecule has 0 saturated heterocycles. The van der Waals surface area contributed by atoms with Gasteiger partial charge in [-0.15, -0.1) is 0 Å². The second-order valence-electron chi connectivity index (χ2n) is 16.2. The molecule has 0 N–H and O–H groups in total. The minimum Gasteiger partial charge on any atom is -0.292 e. The van der Waals surface area contributed by atoms with E-state index in [0.717, 1.165) is 78.3 Å². The summed E-state index contributed by atoms with van der Waals surface area (Å²) < 4.78 is 2.33. The minimum absolute atomic E-state index is 0.889. The zero-order valence-corrected chi connectivity index (χ0v) is 34.4. The number of pyridine rings is 1. The van der Waals surface area contributed by atoms with E-state index in [9.17, 15) is 0 Å². The average Bonchev–Trinajstić information content (AvgIpc) is 3.77. The summed E-state index contributed by atoms with van der Waals surface area (Å²) in [6.45, 7) is 0. The van der Waals surface area contributed by atoms with Crippen molar-refractivity contribution >= 4 is 43.2 Å². The monoisotopic (exact) mass is 801 g/mol. The van der Waals surface area contributed by atoms with Gasteiger partial charge in [-0.05, 0) is 85.6 Å². The fourth-order valence-corrected chi connectivity index (χ4v) is 9.29. The van der Waals surface area contributed by atoms with Gasteiger partial charge in [0, 0.05) is 38.7 Å². The topological polar surface area (TPSA) is 30.7 Å². The summed E-state index contributed by atoms with van der Waals surface area (Å²) in [5, 5.41) is 8.28. The van der Waals surface area contributed by atoms with Gasteiger partial charge in [0.1, 0.15) is 5.82 Å². The van der Waals surface area contributed by atoms with Crippen LogP contribution in [0, 0.1) is 0 Å². The fraction of sp³-hybridized carbons (Fsp3) is 0.